The Hall–Kier alpha value is -0.0800. The van der Waals surface area contributed by atoms with E-state index >= 15 is 0 Å². The molecule has 0 saturated carbocycles. The summed E-state index contributed by atoms with van der Waals surface area (Å²) in [6.45, 7) is 8.14. The quantitative estimate of drug-likeness (QED) is 0.549. The molecule has 1 unspecified atom stereocenters. The first kappa shape index (κ1) is 14.9. The zero-order valence-electron chi connectivity index (χ0n) is 10.8. The predicted octanol–water partition coefficient (Wildman–Crippen LogP) is 2.95. The molecule has 0 heterocycles. The summed E-state index contributed by atoms with van der Waals surface area (Å²) in [4.78, 5) is 0. The molecular formula is C13H29NO. The summed E-state index contributed by atoms with van der Waals surface area (Å²) in [6.07, 6.45) is 7.82. The van der Waals surface area contributed by atoms with Crippen molar-refractivity contribution in [3.63, 3.8) is 0 Å². The Bertz CT molecular complexity index is 126. The van der Waals surface area contributed by atoms with Crippen molar-refractivity contribution in [2.24, 2.45) is 5.92 Å². The van der Waals surface area contributed by atoms with E-state index in [4.69, 9.17) is 0 Å². The molecule has 0 aromatic carbocycles. The van der Waals surface area contributed by atoms with Crippen molar-refractivity contribution in [1.82, 2.24) is 5.32 Å². The standard InChI is InChI=1S/C13H29NO/c1-4-5-6-7-8-9-10-14-11-13(15)12(2)3/h12-15H,4-11H2,1-3H3. The van der Waals surface area contributed by atoms with E-state index in [-0.39, 0.29) is 6.10 Å². The van der Waals surface area contributed by atoms with E-state index in [1.807, 2.05) is 0 Å². The summed E-state index contributed by atoms with van der Waals surface area (Å²) in [5.41, 5.74) is 0. The smallest absolute Gasteiger partial charge is 0.0687 e. The van der Waals surface area contributed by atoms with Gasteiger partial charge in [0.1, 0.15) is 0 Å². The minimum absolute atomic E-state index is 0.190. The van der Waals surface area contributed by atoms with Crippen LogP contribution < -0.4 is 5.32 Å². The number of hydrogen-bond donors (Lipinski definition) is 2. The monoisotopic (exact) mass is 215 g/mol. The average Bonchev–Trinajstić information content (AvgIpc) is 2.21. The summed E-state index contributed by atoms with van der Waals surface area (Å²) in [5, 5.41) is 12.8. The van der Waals surface area contributed by atoms with Gasteiger partial charge >= 0.3 is 0 Å². The van der Waals surface area contributed by atoms with E-state index in [1.165, 1.54) is 38.5 Å². The van der Waals surface area contributed by atoms with Gasteiger partial charge in [0.15, 0.2) is 0 Å². The maximum atomic E-state index is 9.54. The van der Waals surface area contributed by atoms with Gasteiger partial charge in [-0.05, 0) is 18.9 Å². The molecule has 2 N–H and O–H groups in total. The highest BCUT2D eigenvalue weighted by atomic mass is 16.3. The minimum atomic E-state index is -0.190. The molecule has 0 radical (unpaired) electrons. The third-order valence-electron chi connectivity index (χ3n) is 2.83. The predicted molar refractivity (Wildman–Crippen MR) is 67.1 cm³/mol. The Morgan fingerprint density at radius 3 is 2.20 bits per heavy atom. The van der Waals surface area contributed by atoms with Crippen LogP contribution in [0.3, 0.4) is 0 Å². The van der Waals surface area contributed by atoms with Crippen LogP contribution in [0, 0.1) is 5.92 Å². The molecule has 0 bridgehead atoms. The van der Waals surface area contributed by atoms with Crippen molar-refractivity contribution >= 4 is 0 Å². The highest BCUT2D eigenvalue weighted by molar-refractivity contribution is 4.62. The van der Waals surface area contributed by atoms with E-state index in [1.54, 1.807) is 0 Å². The molecular weight excluding hydrogens is 186 g/mol. The SMILES string of the molecule is CCCCCCCCNCC(O)C(C)C. The zero-order valence-corrected chi connectivity index (χ0v) is 10.8. The molecule has 92 valence electrons. The van der Waals surface area contributed by atoms with Crippen LogP contribution in [0.5, 0.6) is 0 Å². The number of nitrogens with one attached hydrogen (secondary N) is 1. The van der Waals surface area contributed by atoms with Gasteiger partial charge in [0.2, 0.25) is 0 Å². The molecule has 0 aliphatic rings. The van der Waals surface area contributed by atoms with Gasteiger partial charge in [0, 0.05) is 6.54 Å². The summed E-state index contributed by atoms with van der Waals surface area (Å²) >= 11 is 0. The van der Waals surface area contributed by atoms with Crippen molar-refractivity contribution in [3.8, 4) is 0 Å². The topological polar surface area (TPSA) is 32.3 Å². The summed E-state index contributed by atoms with van der Waals surface area (Å²) in [7, 11) is 0. The van der Waals surface area contributed by atoms with E-state index in [2.05, 4.69) is 26.1 Å². The first-order valence-electron chi connectivity index (χ1n) is 6.57. The molecule has 0 amide bonds. The first-order chi connectivity index (χ1) is 7.18. The maximum Gasteiger partial charge on any atom is 0.0687 e. The Morgan fingerprint density at radius 2 is 1.60 bits per heavy atom. The van der Waals surface area contributed by atoms with Crippen molar-refractivity contribution in [2.75, 3.05) is 13.1 Å². The molecule has 0 aromatic rings. The highest BCUT2D eigenvalue weighted by Gasteiger charge is 2.07. The Kier molecular flexibility index (Phi) is 10.4. The Labute approximate surface area is 95.5 Å². The molecule has 0 aromatic heterocycles. The molecule has 0 aliphatic carbocycles. The molecule has 0 saturated heterocycles. The normalized spacial score (nSPS) is 13.4. The van der Waals surface area contributed by atoms with Crippen molar-refractivity contribution < 1.29 is 5.11 Å². The summed E-state index contributed by atoms with van der Waals surface area (Å²) < 4.78 is 0. The van der Waals surface area contributed by atoms with Crippen molar-refractivity contribution in [3.05, 3.63) is 0 Å². The molecule has 0 fully saturated rings. The van der Waals surface area contributed by atoms with Gasteiger partial charge in [-0.25, -0.2) is 0 Å². The Balaban J connectivity index is 3.05. The molecule has 15 heavy (non-hydrogen) atoms. The van der Waals surface area contributed by atoms with Crippen LogP contribution in [0.25, 0.3) is 0 Å². The van der Waals surface area contributed by atoms with Crippen LogP contribution in [-0.4, -0.2) is 24.3 Å². The fourth-order valence-electron chi connectivity index (χ4n) is 1.52. The van der Waals surface area contributed by atoms with Crippen LogP contribution >= 0.6 is 0 Å². The lowest BCUT2D eigenvalue weighted by Crippen LogP contribution is -2.31. The van der Waals surface area contributed by atoms with Crippen LogP contribution in [0.15, 0.2) is 0 Å². The second-order valence-corrected chi connectivity index (χ2v) is 4.78. The molecule has 0 aliphatic heterocycles. The lowest BCUT2D eigenvalue weighted by atomic mass is 10.1. The lowest BCUT2D eigenvalue weighted by molar-refractivity contribution is 0.123. The number of hydrogen-bond acceptors (Lipinski definition) is 2. The average molecular weight is 215 g/mol. The van der Waals surface area contributed by atoms with Gasteiger partial charge in [0.05, 0.1) is 6.10 Å². The maximum absolute atomic E-state index is 9.54. The van der Waals surface area contributed by atoms with Crippen LogP contribution in [0.1, 0.15) is 59.3 Å². The number of rotatable bonds is 10. The first-order valence-corrected chi connectivity index (χ1v) is 6.57. The lowest BCUT2D eigenvalue weighted by Gasteiger charge is -2.14. The second-order valence-electron chi connectivity index (χ2n) is 4.78. The summed E-state index contributed by atoms with van der Waals surface area (Å²) in [6, 6.07) is 0. The van der Waals surface area contributed by atoms with E-state index < -0.39 is 0 Å². The van der Waals surface area contributed by atoms with Gasteiger partial charge < -0.3 is 10.4 Å². The fourth-order valence-corrected chi connectivity index (χ4v) is 1.52. The zero-order chi connectivity index (χ0) is 11.5. The second kappa shape index (κ2) is 10.4. The van der Waals surface area contributed by atoms with E-state index in [9.17, 15) is 5.11 Å². The van der Waals surface area contributed by atoms with Gasteiger partial charge in [-0.15, -0.1) is 0 Å². The third kappa shape index (κ3) is 10.2. The third-order valence-corrected chi connectivity index (χ3v) is 2.83. The number of aliphatic hydroxyl groups excluding tert-OH is 1. The molecule has 2 nitrogen and oxygen atoms in total. The van der Waals surface area contributed by atoms with Gasteiger partial charge in [-0.1, -0.05) is 52.9 Å². The number of aliphatic hydroxyl groups is 1. The van der Waals surface area contributed by atoms with E-state index in [0.717, 1.165) is 13.1 Å². The van der Waals surface area contributed by atoms with Crippen molar-refractivity contribution in [2.45, 2.75) is 65.4 Å². The molecule has 2 heteroatoms. The van der Waals surface area contributed by atoms with Crippen molar-refractivity contribution in [1.29, 1.82) is 0 Å². The van der Waals surface area contributed by atoms with Crippen LogP contribution in [0.2, 0.25) is 0 Å². The number of unbranched alkanes of at least 4 members (excludes halogenated alkanes) is 5. The highest BCUT2D eigenvalue weighted by Crippen LogP contribution is 2.04. The van der Waals surface area contributed by atoms with Crippen LogP contribution in [-0.2, 0) is 0 Å². The Morgan fingerprint density at radius 1 is 1.00 bits per heavy atom. The molecule has 0 rings (SSSR count). The largest absolute Gasteiger partial charge is 0.392 e. The fraction of sp³-hybridized carbons (Fsp3) is 1.00. The van der Waals surface area contributed by atoms with Gasteiger partial charge in [-0.3, -0.25) is 0 Å². The van der Waals surface area contributed by atoms with Gasteiger partial charge in [0.25, 0.3) is 0 Å². The summed E-state index contributed by atoms with van der Waals surface area (Å²) in [5.74, 6) is 0.363. The van der Waals surface area contributed by atoms with E-state index in [0.29, 0.717) is 5.92 Å². The van der Waals surface area contributed by atoms with Crippen LogP contribution in [0.4, 0.5) is 0 Å². The molecule has 1 atom stereocenters. The van der Waals surface area contributed by atoms with Gasteiger partial charge in [-0.2, -0.15) is 0 Å². The molecule has 0 spiro atoms. The minimum Gasteiger partial charge on any atom is -0.392 e.